The number of nitrogens with zero attached hydrogens (tertiary/aromatic N) is 2. The summed E-state index contributed by atoms with van der Waals surface area (Å²) in [6.45, 7) is 4.30. The summed E-state index contributed by atoms with van der Waals surface area (Å²) < 4.78 is 4.99. The number of carbonyl (C=O) groups excluding carboxylic acids is 1. The van der Waals surface area contributed by atoms with Crippen molar-refractivity contribution >= 4 is 51.2 Å². The molecule has 1 aliphatic rings. The van der Waals surface area contributed by atoms with Crippen molar-refractivity contribution in [1.29, 1.82) is 0 Å². The number of benzene rings is 2. The Labute approximate surface area is 202 Å². The second kappa shape index (κ2) is 10.4. The van der Waals surface area contributed by atoms with Crippen molar-refractivity contribution in [3.63, 3.8) is 0 Å². The number of hydrogen-bond donors (Lipinski definition) is 1. The zero-order valence-corrected chi connectivity index (χ0v) is 20.1. The predicted octanol–water partition coefficient (Wildman–Crippen LogP) is 5.37. The highest BCUT2D eigenvalue weighted by Gasteiger charge is 2.23. The van der Waals surface area contributed by atoms with E-state index < -0.39 is 0 Å². The van der Waals surface area contributed by atoms with Crippen LogP contribution in [0.4, 0.5) is 5.00 Å². The fourth-order valence-electron chi connectivity index (χ4n) is 3.67. The number of ether oxygens (including phenoxy) is 1. The molecule has 1 saturated heterocycles. The van der Waals surface area contributed by atoms with Crippen LogP contribution in [0.25, 0.3) is 10.4 Å². The molecule has 4 rings (SSSR count). The molecule has 2 heterocycles. The molecule has 0 saturated carbocycles. The number of halogens is 1. The van der Waals surface area contributed by atoms with Crippen LogP contribution in [0.1, 0.15) is 15.9 Å². The summed E-state index contributed by atoms with van der Waals surface area (Å²) in [5.41, 5.74) is 2.76. The van der Waals surface area contributed by atoms with Crippen molar-refractivity contribution in [1.82, 2.24) is 9.80 Å². The van der Waals surface area contributed by atoms with Crippen LogP contribution in [0, 0.1) is 0 Å². The first kappa shape index (κ1) is 22.7. The molecule has 0 spiro atoms. The van der Waals surface area contributed by atoms with Gasteiger partial charge < -0.3 is 15.0 Å². The lowest BCUT2D eigenvalue weighted by atomic mass is 10.1. The molecule has 1 aliphatic heterocycles. The van der Waals surface area contributed by atoms with E-state index in [4.69, 9.17) is 28.6 Å². The van der Waals surface area contributed by atoms with Crippen molar-refractivity contribution in [3.05, 3.63) is 76.8 Å². The largest absolute Gasteiger partial charge is 0.465 e. The summed E-state index contributed by atoms with van der Waals surface area (Å²) in [4.78, 5) is 17.9. The van der Waals surface area contributed by atoms with Crippen LogP contribution in [0.15, 0.2) is 60.7 Å². The van der Waals surface area contributed by atoms with Crippen LogP contribution >= 0.6 is 35.2 Å². The number of thiophene rings is 1. The number of carbonyl (C=O) groups is 1. The smallest absolute Gasteiger partial charge is 0.340 e. The van der Waals surface area contributed by atoms with Gasteiger partial charge in [-0.05, 0) is 41.5 Å². The van der Waals surface area contributed by atoms with Gasteiger partial charge >= 0.3 is 5.97 Å². The summed E-state index contributed by atoms with van der Waals surface area (Å²) in [7, 11) is 1.39. The predicted molar refractivity (Wildman–Crippen MR) is 136 cm³/mol. The molecule has 0 radical (unpaired) electrons. The van der Waals surface area contributed by atoms with E-state index in [1.807, 2.05) is 54.6 Å². The summed E-state index contributed by atoms with van der Waals surface area (Å²) in [5.74, 6) is -0.375. The monoisotopic (exact) mass is 485 g/mol. The maximum Gasteiger partial charge on any atom is 0.340 e. The molecule has 3 aromatic rings. The summed E-state index contributed by atoms with van der Waals surface area (Å²) in [5, 5.41) is 5.39. The van der Waals surface area contributed by atoms with Gasteiger partial charge in [0.05, 0.1) is 12.7 Å². The molecule has 166 valence electrons. The molecule has 0 bridgehead atoms. The van der Waals surface area contributed by atoms with Gasteiger partial charge in [0.2, 0.25) is 0 Å². The van der Waals surface area contributed by atoms with Gasteiger partial charge in [-0.3, -0.25) is 4.90 Å². The third kappa shape index (κ3) is 5.48. The maximum atomic E-state index is 12.3. The van der Waals surface area contributed by atoms with Crippen LogP contribution in [0.5, 0.6) is 0 Å². The summed E-state index contributed by atoms with van der Waals surface area (Å²) >= 11 is 13.3. The molecule has 1 fully saturated rings. The van der Waals surface area contributed by atoms with Gasteiger partial charge in [-0.25, -0.2) is 4.79 Å². The highest BCUT2D eigenvalue weighted by atomic mass is 35.5. The van der Waals surface area contributed by atoms with Gasteiger partial charge in [-0.15, -0.1) is 11.3 Å². The first-order chi connectivity index (χ1) is 15.5. The average Bonchev–Trinajstić information content (AvgIpc) is 3.23. The number of anilines is 1. The van der Waals surface area contributed by atoms with Crippen molar-refractivity contribution in [3.8, 4) is 10.4 Å². The van der Waals surface area contributed by atoms with Gasteiger partial charge in [0, 0.05) is 42.6 Å². The van der Waals surface area contributed by atoms with Gasteiger partial charge in [0.1, 0.15) is 5.00 Å². The zero-order valence-electron chi connectivity index (χ0n) is 17.7. The molecule has 0 atom stereocenters. The normalized spacial score (nSPS) is 14.2. The van der Waals surface area contributed by atoms with Gasteiger partial charge in [0.15, 0.2) is 5.11 Å². The number of rotatable bonds is 5. The van der Waals surface area contributed by atoms with Crippen LogP contribution in [-0.4, -0.2) is 54.2 Å². The van der Waals surface area contributed by atoms with E-state index in [0.717, 1.165) is 48.2 Å². The minimum atomic E-state index is -0.375. The Hall–Kier alpha value is -2.45. The molecular formula is C24H24ClN3O2S2. The number of thiocarbonyl (C=S) groups is 1. The highest BCUT2D eigenvalue weighted by Crippen LogP contribution is 2.36. The SMILES string of the molecule is COC(=O)c1cc(-c2ccccc2)sc1NC(=S)N1CCN(Cc2cccc(Cl)c2)CC1. The third-order valence-electron chi connectivity index (χ3n) is 5.37. The van der Waals surface area contributed by atoms with E-state index in [-0.39, 0.29) is 5.97 Å². The van der Waals surface area contributed by atoms with E-state index in [1.54, 1.807) is 0 Å². The van der Waals surface area contributed by atoms with E-state index in [0.29, 0.717) is 15.7 Å². The molecule has 1 N–H and O–H groups in total. The van der Waals surface area contributed by atoms with E-state index in [9.17, 15) is 4.79 Å². The van der Waals surface area contributed by atoms with Crippen molar-refractivity contribution in [2.45, 2.75) is 6.54 Å². The second-order valence-corrected chi connectivity index (χ2v) is 9.41. The summed E-state index contributed by atoms with van der Waals surface area (Å²) in [6, 6.07) is 19.8. The average molecular weight is 486 g/mol. The second-order valence-electron chi connectivity index (χ2n) is 7.53. The van der Waals surface area contributed by atoms with Gasteiger partial charge in [-0.2, -0.15) is 0 Å². The Bertz CT molecular complexity index is 1100. The topological polar surface area (TPSA) is 44.8 Å². The highest BCUT2D eigenvalue weighted by molar-refractivity contribution is 7.80. The molecule has 8 heteroatoms. The lowest BCUT2D eigenvalue weighted by Gasteiger charge is -2.36. The number of piperazine rings is 1. The molecule has 0 amide bonds. The minimum Gasteiger partial charge on any atom is -0.465 e. The Kier molecular flexibility index (Phi) is 7.42. The minimum absolute atomic E-state index is 0.375. The van der Waals surface area contributed by atoms with Gasteiger partial charge in [-0.1, -0.05) is 54.1 Å². The molecule has 5 nitrogen and oxygen atoms in total. The fraction of sp³-hybridized carbons (Fsp3) is 0.250. The molecule has 2 aromatic carbocycles. The third-order valence-corrected chi connectivity index (χ3v) is 7.07. The van der Waals surface area contributed by atoms with E-state index >= 15 is 0 Å². The molecular weight excluding hydrogens is 462 g/mol. The quantitative estimate of drug-likeness (QED) is 0.387. The number of nitrogens with one attached hydrogen (secondary N) is 1. The number of methoxy groups -OCH3 is 1. The maximum absolute atomic E-state index is 12.3. The first-order valence-electron chi connectivity index (χ1n) is 10.3. The lowest BCUT2D eigenvalue weighted by Crippen LogP contribution is -2.49. The van der Waals surface area contributed by atoms with Gasteiger partial charge in [0.25, 0.3) is 0 Å². The van der Waals surface area contributed by atoms with Crippen molar-refractivity contribution in [2.24, 2.45) is 0 Å². The Balaban J connectivity index is 1.40. The van der Waals surface area contributed by atoms with Crippen molar-refractivity contribution in [2.75, 3.05) is 38.6 Å². The molecule has 1 aromatic heterocycles. The first-order valence-corrected chi connectivity index (χ1v) is 11.9. The standard InChI is InChI=1S/C24H24ClN3O2S2/c1-30-23(29)20-15-21(18-7-3-2-4-8-18)32-22(20)26-24(31)28-12-10-27(11-13-28)16-17-6-5-9-19(25)14-17/h2-9,14-15H,10-13,16H2,1H3,(H,26,31). The lowest BCUT2D eigenvalue weighted by molar-refractivity contribution is 0.0602. The molecule has 0 unspecified atom stereocenters. The Morgan fingerprint density at radius 1 is 1.09 bits per heavy atom. The number of hydrogen-bond acceptors (Lipinski definition) is 5. The van der Waals surface area contributed by atoms with Crippen molar-refractivity contribution < 1.29 is 9.53 Å². The van der Waals surface area contributed by atoms with E-state index in [2.05, 4.69) is 21.2 Å². The zero-order chi connectivity index (χ0) is 22.5. The van der Waals surface area contributed by atoms with E-state index in [1.165, 1.54) is 24.0 Å². The summed E-state index contributed by atoms with van der Waals surface area (Å²) in [6.07, 6.45) is 0. The molecule has 32 heavy (non-hydrogen) atoms. The van der Waals surface area contributed by atoms with Crippen LogP contribution in [-0.2, 0) is 11.3 Å². The molecule has 0 aliphatic carbocycles. The fourth-order valence-corrected chi connectivity index (χ4v) is 5.28. The Morgan fingerprint density at radius 2 is 1.84 bits per heavy atom. The van der Waals surface area contributed by atoms with Crippen LogP contribution in [0.3, 0.4) is 0 Å². The Morgan fingerprint density at radius 3 is 2.53 bits per heavy atom. The number of esters is 1. The van der Waals surface area contributed by atoms with Crippen LogP contribution < -0.4 is 5.32 Å². The van der Waals surface area contributed by atoms with Crippen LogP contribution in [0.2, 0.25) is 5.02 Å².